The third-order valence-corrected chi connectivity index (χ3v) is 0.407. The van der Waals surface area contributed by atoms with E-state index in [0.29, 0.717) is 6.42 Å². The van der Waals surface area contributed by atoms with Crippen LogP contribution in [0.1, 0.15) is 21.2 Å². The van der Waals surface area contributed by atoms with Gasteiger partial charge >= 0.3 is 18.9 Å². The fourth-order valence-corrected chi connectivity index (χ4v) is 0.118. The summed E-state index contributed by atoms with van der Waals surface area (Å²) < 4.78 is 0. The Morgan fingerprint density at radius 3 is 2.14 bits per heavy atom. The molecule has 0 bridgehead atoms. The molecule has 38 valence electrons. The zero-order chi connectivity index (χ0) is 4.12. The van der Waals surface area contributed by atoms with Crippen LogP contribution in [0.3, 0.4) is 0 Å². The van der Waals surface area contributed by atoms with Crippen molar-refractivity contribution >= 4 is 23.6 Å². The van der Waals surface area contributed by atoms with Crippen LogP contribution in [-0.2, 0) is 4.79 Å². The Labute approximate surface area is 68.7 Å². The van der Waals surface area contributed by atoms with Gasteiger partial charge in [-0.1, -0.05) is 6.92 Å². The molecule has 0 aliphatic rings. The van der Waals surface area contributed by atoms with Crippen LogP contribution < -0.4 is 18.9 Å². The first-order valence-corrected chi connectivity index (χ1v) is 1.85. The van der Waals surface area contributed by atoms with E-state index in [4.69, 9.17) is 0 Å². The molecular formula is C4H12AlLiO. The predicted octanol–water partition coefficient (Wildman–Crippen LogP) is -3.08. The average molecular weight is 110 g/mol. The van der Waals surface area contributed by atoms with E-state index >= 15 is 0 Å². The molecule has 0 aliphatic heterocycles. The van der Waals surface area contributed by atoms with Gasteiger partial charge in [0.2, 0.25) is 0 Å². The van der Waals surface area contributed by atoms with E-state index in [2.05, 4.69) is 0 Å². The summed E-state index contributed by atoms with van der Waals surface area (Å²) >= 11 is 0. The van der Waals surface area contributed by atoms with Crippen LogP contribution >= 0.6 is 0 Å². The zero-order valence-electron chi connectivity index (χ0n) is 5.40. The van der Waals surface area contributed by atoms with Crippen molar-refractivity contribution in [2.24, 2.45) is 0 Å². The van der Waals surface area contributed by atoms with Crippen LogP contribution in [0.15, 0.2) is 0 Å². The number of aldehydes is 1. The van der Waals surface area contributed by atoms with Crippen LogP contribution in [-0.4, -0.2) is 23.6 Å². The second kappa shape index (κ2) is 15.8. The van der Waals surface area contributed by atoms with Crippen molar-refractivity contribution in [1.29, 1.82) is 0 Å². The molecule has 0 aliphatic carbocycles. The maximum atomic E-state index is 9.40. The maximum absolute atomic E-state index is 9.40. The van der Waals surface area contributed by atoms with Gasteiger partial charge in [-0.2, -0.15) is 0 Å². The van der Waals surface area contributed by atoms with Crippen molar-refractivity contribution in [1.82, 2.24) is 0 Å². The zero-order valence-corrected chi connectivity index (χ0v) is 4.40. The molecule has 0 aromatic carbocycles. The summed E-state index contributed by atoms with van der Waals surface area (Å²) in [7, 11) is 0. The van der Waals surface area contributed by atoms with Gasteiger partial charge in [0.1, 0.15) is 6.29 Å². The molecule has 0 N–H and O–H groups in total. The number of rotatable bonds is 2. The molecule has 0 radical (unpaired) electrons. The number of carbonyl (C=O) groups excluding carboxylic acids is 1. The monoisotopic (exact) mass is 110 g/mol. The second-order valence-corrected chi connectivity index (χ2v) is 0.955. The van der Waals surface area contributed by atoms with Crippen LogP contribution in [0.2, 0.25) is 0 Å². The first-order chi connectivity index (χ1) is 2.41. The molecule has 0 heterocycles. The topological polar surface area (TPSA) is 17.1 Å². The Morgan fingerprint density at radius 1 is 1.71 bits per heavy atom. The van der Waals surface area contributed by atoms with Gasteiger partial charge in [-0.05, 0) is 6.42 Å². The van der Waals surface area contributed by atoms with Crippen molar-refractivity contribution < 1.29 is 25.1 Å². The molecule has 0 fully saturated rings. The smallest absolute Gasteiger partial charge is 1.00 e. The van der Waals surface area contributed by atoms with E-state index in [1.807, 2.05) is 6.92 Å². The van der Waals surface area contributed by atoms with Crippen LogP contribution in [0.25, 0.3) is 0 Å². The van der Waals surface area contributed by atoms with E-state index in [-0.39, 0.29) is 37.6 Å². The first kappa shape index (κ1) is 15.7. The van der Waals surface area contributed by atoms with Crippen molar-refractivity contribution in [2.75, 3.05) is 0 Å². The minimum absolute atomic E-state index is 0. The Hall–Kier alpha value is 0.800. The molecule has 0 aromatic heterocycles. The molecule has 0 aromatic rings. The molecule has 0 amide bonds. The molecular weight excluding hydrogens is 98.0 g/mol. The van der Waals surface area contributed by atoms with Gasteiger partial charge in [-0.15, -0.1) is 0 Å². The SMILES string of the molecule is CCCC=O.[AlH3].[H-].[Li+]. The quantitative estimate of drug-likeness (QED) is 0.272. The van der Waals surface area contributed by atoms with Crippen molar-refractivity contribution in [3.8, 4) is 0 Å². The Bertz CT molecular complexity index is 37.2. The van der Waals surface area contributed by atoms with Crippen molar-refractivity contribution in [2.45, 2.75) is 19.8 Å². The third kappa shape index (κ3) is 20.0. The number of unbranched alkanes of at least 4 members (excludes halogenated alkanes) is 1. The molecule has 0 atom stereocenters. The fraction of sp³-hybridized carbons (Fsp3) is 0.750. The molecule has 0 unspecified atom stereocenters. The minimum atomic E-state index is 0. The van der Waals surface area contributed by atoms with E-state index in [1.54, 1.807) is 0 Å². The molecule has 3 heteroatoms. The standard InChI is InChI=1S/C4H8O.Al.Li.4H/c1-2-3-4-5;;;;;;/h4H,2-3H2,1H3;;;;;;/q;;+1;;;;-1. The van der Waals surface area contributed by atoms with E-state index in [9.17, 15) is 4.79 Å². The second-order valence-electron chi connectivity index (χ2n) is 0.955. The number of hydrogen-bond donors (Lipinski definition) is 0. The van der Waals surface area contributed by atoms with Crippen molar-refractivity contribution in [3.63, 3.8) is 0 Å². The van der Waals surface area contributed by atoms with Crippen LogP contribution in [0.4, 0.5) is 0 Å². The van der Waals surface area contributed by atoms with E-state index in [0.717, 1.165) is 12.7 Å². The summed E-state index contributed by atoms with van der Waals surface area (Å²) in [4.78, 5) is 9.40. The molecule has 0 saturated heterocycles. The van der Waals surface area contributed by atoms with Crippen molar-refractivity contribution in [3.05, 3.63) is 0 Å². The summed E-state index contributed by atoms with van der Waals surface area (Å²) in [5, 5.41) is 0. The maximum Gasteiger partial charge on any atom is 1.00 e. The van der Waals surface area contributed by atoms with Crippen LogP contribution in [0, 0.1) is 0 Å². The summed E-state index contributed by atoms with van der Waals surface area (Å²) in [6, 6.07) is 0. The summed E-state index contributed by atoms with van der Waals surface area (Å²) in [6.07, 6.45) is 2.61. The number of carbonyl (C=O) groups is 1. The fourth-order valence-electron chi connectivity index (χ4n) is 0.118. The van der Waals surface area contributed by atoms with Gasteiger partial charge in [0.05, 0.1) is 0 Å². The normalized spacial score (nSPS) is 5.29. The van der Waals surface area contributed by atoms with E-state index in [1.165, 1.54) is 0 Å². The largest absolute Gasteiger partial charge is 1.00 e. The molecule has 1 nitrogen and oxygen atoms in total. The van der Waals surface area contributed by atoms with Crippen LogP contribution in [0.5, 0.6) is 0 Å². The Morgan fingerprint density at radius 2 is 2.14 bits per heavy atom. The molecule has 0 saturated carbocycles. The summed E-state index contributed by atoms with van der Waals surface area (Å²) in [5.41, 5.74) is 0. The third-order valence-electron chi connectivity index (χ3n) is 0.407. The first-order valence-electron chi connectivity index (χ1n) is 1.85. The van der Waals surface area contributed by atoms with Gasteiger partial charge in [-0.3, -0.25) is 0 Å². The van der Waals surface area contributed by atoms with E-state index < -0.39 is 0 Å². The average Bonchev–Trinajstić information content (AvgIpc) is 1.41. The predicted molar refractivity (Wildman–Crippen MR) is 32.0 cm³/mol. The summed E-state index contributed by atoms with van der Waals surface area (Å²) in [5.74, 6) is 0. The van der Waals surface area contributed by atoms with Gasteiger partial charge in [0.25, 0.3) is 0 Å². The van der Waals surface area contributed by atoms with Gasteiger partial charge < -0.3 is 6.22 Å². The number of hydrogen-bond acceptors (Lipinski definition) is 1. The van der Waals surface area contributed by atoms with Gasteiger partial charge in [0, 0.05) is 6.42 Å². The molecule has 0 rings (SSSR count). The van der Waals surface area contributed by atoms with Gasteiger partial charge in [0.15, 0.2) is 17.4 Å². The molecule has 0 spiro atoms. The van der Waals surface area contributed by atoms with Gasteiger partial charge in [-0.25, -0.2) is 0 Å². The Kier molecular flexibility index (Phi) is 35.4. The Balaban J connectivity index is -0.0000000267. The minimum Gasteiger partial charge on any atom is -1.00 e. The summed E-state index contributed by atoms with van der Waals surface area (Å²) in [6.45, 7) is 1.98. The molecule has 7 heavy (non-hydrogen) atoms.